The summed E-state index contributed by atoms with van der Waals surface area (Å²) >= 11 is 0. The van der Waals surface area contributed by atoms with Gasteiger partial charge in [-0.1, -0.05) is 353 Å². The normalized spacial score (nSPS) is 25.7. The molecule has 23 heteroatoms. The molecule has 0 bridgehead atoms. The molecule has 3 fully saturated rings. The number of carboxylic acid groups (broad SMARTS) is 1. The highest BCUT2D eigenvalue weighted by atomic mass is 16.8. The molecule has 23 nitrogen and oxygen atoms in total. The average molecular weight is 1560 g/mol. The van der Waals surface area contributed by atoms with Gasteiger partial charge in [-0.25, -0.2) is 4.79 Å². The predicted octanol–water partition coefficient (Wildman–Crippen LogP) is 13.7. The van der Waals surface area contributed by atoms with E-state index in [9.17, 15) is 75.7 Å². The smallest absolute Gasteiger partial charge is 0.364 e. The minimum Gasteiger partial charge on any atom is -0.477 e. The lowest BCUT2D eigenvalue weighted by Gasteiger charge is -2.50. The zero-order valence-corrected chi connectivity index (χ0v) is 68.4. The van der Waals surface area contributed by atoms with E-state index in [0.29, 0.717) is 12.8 Å². The molecule has 0 aromatic heterocycles. The highest BCUT2D eigenvalue weighted by Gasteiger charge is 2.60. The Morgan fingerprint density at radius 3 is 1.22 bits per heavy atom. The highest BCUT2D eigenvalue weighted by molar-refractivity contribution is 5.77. The molecule has 18 atom stereocenters. The van der Waals surface area contributed by atoms with Gasteiger partial charge in [0.15, 0.2) is 12.6 Å². The van der Waals surface area contributed by atoms with Gasteiger partial charge in [0.1, 0.15) is 67.1 Å². The van der Waals surface area contributed by atoms with E-state index in [1.54, 1.807) is 6.08 Å². The largest absolute Gasteiger partial charge is 0.477 e. The van der Waals surface area contributed by atoms with E-state index < -0.39 is 155 Å². The Labute approximate surface area is 658 Å². The van der Waals surface area contributed by atoms with Crippen LogP contribution in [-0.4, -0.2) is 215 Å². The lowest BCUT2D eigenvalue weighted by atomic mass is 9.88. The zero-order valence-electron chi connectivity index (χ0n) is 68.4. The average Bonchev–Trinajstić information content (AvgIpc) is 0.754. The minimum absolute atomic E-state index is 0.206. The molecule has 3 heterocycles. The Hall–Kier alpha value is -2.53. The quantitative estimate of drug-likeness (QED) is 0.0199. The van der Waals surface area contributed by atoms with E-state index in [0.717, 1.165) is 51.9 Å². The Morgan fingerprint density at radius 1 is 0.477 bits per heavy atom. The van der Waals surface area contributed by atoms with Crippen molar-refractivity contribution in [3.05, 3.63) is 12.2 Å². The maximum Gasteiger partial charge on any atom is 0.364 e. The van der Waals surface area contributed by atoms with Crippen molar-refractivity contribution in [3.63, 3.8) is 0 Å². The predicted molar refractivity (Wildman–Crippen MR) is 426 cm³/mol. The first kappa shape index (κ1) is 101. The van der Waals surface area contributed by atoms with Crippen LogP contribution < -0.4 is 10.6 Å². The number of hydrogen-bond donors (Lipinski definition) is 14. The maximum atomic E-state index is 13.6. The Kier molecular flexibility index (Phi) is 59.7. The van der Waals surface area contributed by atoms with Crippen LogP contribution in [0.25, 0.3) is 0 Å². The van der Waals surface area contributed by atoms with Crippen LogP contribution in [0.15, 0.2) is 12.2 Å². The maximum absolute atomic E-state index is 13.6. The molecule has 14 N–H and O–H groups in total. The second kappa shape index (κ2) is 64.6. The number of carbonyl (C=O) groups is 3. The van der Waals surface area contributed by atoms with Crippen molar-refractivity contribution in [2.45, 2.75) is 490 Å². The van der Waals surface area contributed by atoms with Gasteiger partial charge in [0, 0.05) is 19.8 Å². The summed E-state index contributed by atoms with van der Waals surface area (Å²) in [5, 5.41) is 137. The molecule has 2 amide bonds. The fraction of sp³-hybridized carbons (Fsp3) is 0.942. The number of ether oxygens (including phenoxy) is 6. The van der Waals surface area contributed by atoms with Gasteiger partial charge in [0.2, 0.25) is 11.8 Å². The number of carbonyl (C=O) groups excluding carboxylic acids is 2. The number of unbranched alkanes of at least 4 members (excludes halogenated alkanes) is 52. The van der Waals surface area contributed by atoms with Crippen molar-refractivity contribution in [2.24, 2.45) is 0 Å². The number of amides is 2. The standard InChI is InChI=1S/C86H162N2O21/c1-4-6-8-10-12-14-16-18-20-22-24-26-28-29-30-31-32-33-34-35-36-38-40-42-44-46-48-50-52-54-56-58-60-73(96)88-67(68(93)59-57-55-53-51-49-47-45-43-41-39-37-27-25-23-21-19-17-15-13-11-9-7-5-2)65-104-83-78(100)77(99)80(72(64-91)106-83)107-84-79(101)82(76(98)71(63-90)105-84)109-86(85(102)103)61-69(94)74(87-66(3)92)81(108-86)75(97)70(95)62-89/h57,59,67-72,74-84,89-91,93-95,97-101H,4-56,58,60-65H2,1-3H3,(H,87,92)(H,88,96)(H,102,103)/b59-57+. The molecular weight excluding hydrogens is 1400 g/mol. The summed E-state index contributed by atoms with van der Waals surface area (Å²) in [4.78, 5) is 38.8. The van der Waals surface area contributed by atoms with E-state index >= 15 is 0 Å². The monoisotopic (exact) mass is 1560 g/mol. The molecule has 3 aliphatic rings. The van der Waals surface area contributed by atoms with E-state index in [-0.39, 0.29) is 12.3 Å². The van der Waals surface area contributed by atoms with Crippen molar-refractivity contribution in [1.29, 1.82) is 0 Å². The van der Waals surface area contributed by atoms with Crippen molar-refractivity contribution >= 4 is 17.8 Å². The van der Waals surface area contributed by atoms with E-state index in [1.165, 1.54) is 289 Å². The highest BCUT2D eigenvalue weighted by Crippen LogP contribution is 2.39. The molecular formula is C86H162N2O21. The van der Waals surface area contributed by atoms with E-state index in [2.05, 4.69) is 24.5 Å². The van der Waals surface area contributed by atoms with Gasteiger partial charge in [-0.15, -0.1) is 0 Å². The number of hydrogen-bond acceptors (Lipinski definition) is 20. The van der Waals surface area contributed by atoms with Crippen molar-refractivity contribution in [1.82, 2.24) is 10.6 Å². The number of allylic oxidation sites excluding steroid dienone is 1. The van der Waals surface area contributed by atoms with Crippen LogP contribution in [0, 0.1) is 0 Å². The molecule has 0 aromatic rings. The van der Waals surface area contributed by atoms with Crippen LogP contribution in [-0.2, 0) is 42.8 Å². The number of aliphatic carboxylic acids is 1. The Balaban J connectivity index is 1.46. The molecule has 0 saturated carbocycles. The van der Waals surface area contributed by atoms with Gasteiger partial charge in [-0.05, 0) is 19.3 Å². The summed E-state index contributed by atoms with van der Waals surface area (Å²) in [6, 6.07) is -2.62. The topological polar surface area (TPSA) is 373 Å². The van der Waals surface area contributed by atoms with Crippen LogP contribution in [0.3, 0.4) is 0 Å². The summed E-state index contributed by atoms with van der Waals surface area (Å²) in [5.74, 6) is -6.13. The number of rotatable bonds is 72. The van der Waals surface area contributed by atoms with Crippen LogP contribution in [0.1, 0.15) is 380 Å². The van der Waals surface area contributed by atoms with Gasteiger partial charge in [0.05, 0.1) is 50.7 Å². The molecule has 109 heavy (non-hydrogen) atoms. The first-order valence-electron chi connectivity index (χ1n) is 44.6. The van der Waals surface area contributed by atoms with Crippen molar-refractivity contribution in [2.75, 3.05) is 26.4 Å². The number of carboxylic acids is 1. The summed E-state index contributed by atoms with van der Waals surface area (Å²) in [5.41, 5.74) is 0. The first-order valence-corrected chi connectivity index (χ1v) is 44.6. The second-order valence-corrected chi connectivity index (χ2v) is 32.5. The fourth-order valence-electron chi connectivity index (χ4n) is 15.7. The Morgan fingerprint density at radius 2 is 0.853 bits per heavy atom. The van der Waals surface area contributed by atoms with Gasteiger partial charge in [-0.2, -0.15) is 0 Å². The summed E-state index contributed by atoms with van der Waals surface area (Å²) in [6.45, 7) is 2.22. The number of nitrogens with one attached hydrogen (secondary N) is 2. The molecule has 3 rings (SSSR count). The summed E-state index contributed by atoms with van der Waals surface area (Å²) in [7, 11) is 0. The lowest BCUT2D eigenvalue weighted by Crippen LogP contribution is -2.70. The summed E-state index contributed by atoms with van der Waals surface area (Å²) in [6.07, 6.45) is 44.0. The third kappa shape index (κ3) is 43.9. The SMILES string of the molecule is CCCCCCCCCCCCCCCCCCCCCCC/C=C/C(O)C(COC1OC(CO)C(OC2OC(CO)C(O)C(OC3(C(=O)O)CC(O)C(NC(C)=O)C(C(O)C(O)CO)O3)C2O)C(O)C1O)NC(=O)CCCCCCCCCCCCCCCCCCCCCCCCCCCCCCCCCC. The van der Waals surface area contributed by atoms with Crippen LogP contribution in [0.2, 0.25) is 0 Å². The minimum atomic E-state index is -3.08. The van der Waals surface area contributed by atoms with E-state index in [1.807, 2.05) is 6.08 Å². The summed E-state index contributed by atoms with van der Waals surface area (Å²) < 4.78 is 35.0. The van der Waals surface area contributed by atoms with Crippen molar-refractivity contribution < 1.29 is 104 Å². The third-order valence-corrected chi connectivity index (χ3v) is 22.7. The van der Waals surface area contributed by atoms with E-state index in [4.69, 9.17) is 28.4 Å². The van der Waals surface area contributed by atoms with Gasteiger partial charge in [-0.3, -0.25) is 9.59 Å². The molecule has 0 radical (unpaired) electrons. The second-order valence-electron chi connectivity index (χ2n) is 32.5. The first-order chi connectivity index (χ1) is 52.9. The van der Waals surface area contributed by atoms with Gasteiger partial charge < -0.3 is 100 Å². The molecule has 18 unspecified atom stereocenters. The Bertz CT molecular complexity index is 2210. The molecule has 0 aromatic carbocycles. The van der Waals surface area contributed by atoms with Gasteiger partial charge >= 0.3 is 5.97 Å². The molecule has 0 spiro atoms. The van der Waals surface area contributed by atoms with Crippen molar-refractivity contribution in [3.8, 4) is 0 Å². The molecule has 3 saturated heterocycles. The fourth-order valence-corrected chi connectivity index (χ4v) is 15.7. The third-order valence-electron chi connectivity index (χ3n) is 22.7. The lowest BCUT2D eigenvalue weighted by molar-refractivity contribution is -0.386. The molecule has 3 aliphatic heterocycles. The number of aliphatic hydroxyl groups excluding tert-OH is 11. The molecule has 0 aliphatic carbocycles. The number of aliphatic hydroxyl groups is 11. The van der Waals surface area contributed by atoms with Crippen LogP contribution >= 0.6 is 0 Å². The zero-order chi connectivity index (χ0) is 79.5. The van der Waals surface area contributed by atoms with Crippen LogP contribution in [0.5, 0.6) is 0 Å². The van der Waals surface area contributed by atoms with Crippen LogP contribution in [0.4, 0.5) is 0 Å². The molecule has 642 valence electrons. The van der Waals surface area contributed by atoms with Gasteiger partial charge in [0.25, 0.3) is 5.79 Å².